The first-order chi connectivity index (χ1) is 20.6. The second-order valence-corrected chi connectivity index (χ2v) is 11.5. The molecule has 0 bridgehead atoms. The first-order valence-corrected chi connectivity index (χ1v) is 15.0. The Balaban J connectivity index is 1.19. The Labute approximate surface area is 246 Å². The predicted molar refractivity (Wildman–Crippen MR) is 163 cm³/mol. The number of nitrogens with zero attached hydrogens (tertiary/aromatic N) is 3. The topological polar surface area (TPSA) is 102 Å². The summed E-state index contributed by atoms with van der Waals surface area (Å²) in [4.78, 5) is 33.2. The molecule has 0 unspecified atom stereocenters. The van der Waals surface area contributed by atoms with Gasteiger partial charge in [0.2, 0.25) is 11.8 Å². The first kappa shape index (κ1) is 28.1. The van der Waals surface area contributed by atoms with Crippen LogP contribution in [-0.2, 0) is 27.4 Å². The molecule has 0 radical (unpaired) electrons. The van der Waals surface area contributed by atoms with Gasteiger partial charge >= 0.3 is 0 Å². The summed E-state index contributed by atoms with van der Waals surface area (Å²) in [5, 5.41) is 2.96. The maximum Gasteiger partial charge on any atom is 0.244 e. The monoisotopic (exact) mass is 565 g/mol. The quantitative estimate of drug-likeness (QED) is 0.310. The van der Waals surface area contributed by atoms with Crippen LogP contribution in [0.25, 0.3) is 11.0 Å². The lowest BCUT2D eigenvalue weighted by Gasteiger charge is -2.32. The maximum atomic E-state index is 13.5. The Morgan fingerprint density at radius 1 is 0.905 bits per heavy atom. The molecular weight excluding hydrogens is 526 g/mol. The number of hydrogen-bond donors (Lipinski definition) is 2. The number of primary amides is 1. The van der Waals surface area contributed by atoms with Crippen molar-refractivity contribution >= 4 is 22.8 Å². The van der Waals surface area contributed by atoms with Crippen LogP contribution in [0.15, 0.2) is 78.9 Å². The van der Waals surface area contributed by atoms with Crippen molar-refractivity contribution in [2.45, 2.75) is 50.7 Å². The van der Waals surface area contributed by atoms with Crippen LogP contribution >= 0.6 is 0 Å². The van der Waals surface area contributed by atoms with E-state index in [-0.39, 0.29) is 17.7 Å². The molecule has 3 atom stereocenters. The molecule has 1 aliphatic carbocycles. The SMILES string of the molecule is NC(=O)[C@@H](NC(=O)[C@@H]1CCCC[C@H]1c1ccc(Cn2c(CN3CCOCC3)nc3ccccc32)cc1)c1ccccc1. The number of fused-ring (bicyclic) bond motifs is 1. The van der Waals surface area contributed by atoms with E-state index in [0.29, 0.717) is 5.56 Å². The number of para-hydroxylation sites is 2. The molecular formula is C34H39N5O3. The number of nitrogens with one attached hydrogen (secondary N) is 1. The molecule has 1 saturated carbocycles. The fraction of sp³-hybridized carbons (Fsp3) is 0.382. The average molecular weight is 566 g/mol. The third kappa shape index (κ3) is 6.25. The second-order valence-electron chi connectivity index (χ2n) is 11.5. The van der Waals surface area contributed by atoms with Gasteiger partial charge in [-0.3, -0.25) is 14.5 Å². The van der Waals surface area contributed by atoms with Crippen LogP contribution in [-0.4, -0.2) is 52.6 Å². The van der Waals surface area contributed by atoms with Crippen LogP contribution in [0.4, 0.5) is 0 Å². The number of imidazole rings is 1. The van der Waals surface area contributed by atoms with E-state index in [1.54, 1.807) is 0 Å². The Bertz CT molecular complexity index is 1510. The van der Waals surface area contributed by atoms with Crippen LogP contribution in [0.2, 0.25) is 0 Å². The summed E-state index contributed by atoms with van der Waals surface area (Å²) in [5.74, 6) is 0.310. The zero-order valence-corrected chi connectivity index (χ0v) is 24.0. The zero-order chi connectivity index (χ0) is 28.9. The Morgan fingerprint density at radius 3 is 2.38 bits per heavy atom. The number of morpholine rings is 1. The van der Waals surface area contributed by atoms with Crippen molar-refractivity contribution in [3.8, 4) is 0 Å². The van der Waals surface area contributed by atoms with Gasteiger partial charge in [0.05, 0.1) is 30.8 Å². The molecule has 2 heterocycles. The second kappa shape index (κ2) is 12.9. The summed E-state index contributed by atoms with van der Waals surface area (Å²) in [6.45, 7) is 4.88. The molecule has 1 aliphatic heterocycles. The summed E-state index contributed by atoms with van der Waals surface area (Å²) in [5.41, 5.74) is 10.9. The van der Waals surface area contributed by atoms with E-state index < -0.39 is 11.9 Å². The van der Waals surface area contributed by atoms with Gasteiger partial charge in [-0.25, -0.2) is 4.98 Å². The van der Waals surface area contributed by atoms with Crippen LogP contribution in [0, 0.1) is 5.92 Å². The average Bonchev–Trinajstić information content (AvgIpc) is 3.37. The summed E-state index contributed by atoms with van der Waals surface area (Å²) < 4.78 is 7.86. The molecule has 0 spiro atoms. The largest absolute Gasteiger partial charge is 0.379 e. The molecule has 3 aromatic carbocycles. The predicted octanol–water partition coefficient (Wildman–Crippen LogP) is 4.53. The summed E-state index contributed by atoms with van der Waals surface area (Å²) in [6.07, 6.45) is 3.82. The van der Waals surface area contributed by atoms with Crippen molar-refractivity contribution in [1.29, 1.82) is 0 Å². The van der Waals surface area contributed by atoms with Crippen molar-refractivity contribution in [3.05, 3.63) is 101 Å². The highest BCUT2D eigenvalue weighted by atomic mass is 16.5. The molecule has 3 N–H and O–H groups in total. The summed E-state index contributed by atoms with van der Waals surface area (Å²) in [7, 11) is 0. The Kier molecular flexibility index (Phi) is 8.63. The third-order valence-electron chi connectivity index (χ3n) is 8.76. The number of rotatable bonds is 9. The number of hydrogen-bond acceptors (Lipinski definition) is 5. The minimum absolute atomic E-state index is 0.100. The zero-order valence-electron chi connectivity index (χ0n) is 24.0. The highest BCUT2D eigenvalue weighted by Gasteiger charge is 2.34. The number of carbonyl (C=O) groups is 2. The molecule has 8 nitrogen and oxygen atoms in total. The van der Waals surface area contributed by atoms with Crippen molar-refractivity contribution in [2.24, 2.45) is 11.7 Å². The number of carbonyl (C=O) groups excluding carboxylic acids is 2. The minimum atomic E-state index is -0.833. The maximum absolute atomic E-state index is 13.5. The molecule has 4 aromatic rings. The molecule has 6 rings (SSSR count). The van der Waals surface area contributed by atoms with E-state index in [1.807, 2.05) is 36.4 Å². The van der Waals surface area contributed by atoms with Crippen LogP contribution in [0.5, 0.6) is 0 Å². The molecule has 8 heteroatoms. The number of nitrogens with two attached hydrogens (primary N) is 1. The molecule has 1 aromatic heterocycles. The van der Waals surface area contributed by atoms with Gasteiger partial charge in [0.1, 0.15) is 11.9 Å². The molecule has 2 amide bonds. The number of ether oxygens (including phenoxy) is 1. The lowest BCUT2D eigenvalue weighted by atomic mass is 9.74. The Hall–Kier alpha value is -4.01. The molecule has 2 fully saturated rings. The number of aromatic nitrogens is 2. The molecule has 42 heavy (non-hydrogen) atoms. The van der Waals surface area contributed by atoms with Gasteiger partial charge in [-0.1, -0.05) is 79.6 Å². The lowest BCUT2D eigenvalue weighted by Crippen LogP contribution is -2.42. The fourth-order valence-corrected chi connectivity index (χ4v) is 6.49. The van der Waals surface area contributed by atoms with Crippen molar-refractivity contribution in [1.82, 2.24) is 19.8 Å². The summed E-state index contributed by atoms with van der Waals surface area (Å²) in [6, 6.07) is 25.4. The van der Waals surface area contributed by atoms with Crippen LogP contribution in [0.3, 0.4) is 0 Å². The van der Waals surface area contributed by atoms with Crippen molar-refractivity contribution < 1.29 is 14.3 Å². The normalized spacial score (nSPS) is 20.3. The van der Waals surface area contributed by atoms with Gasteiger partial charge in [-0.05, 0) is 47.6 Å². The van der Waals surface area contributed by atoms with E-state index in [2.05, 4.69) is 57.2 Å². The molecule has 1 saturated heterocycles. The van der Waals surface area contributed by atoms with Gasteiger partial charge in [-0.15, -0.1) is 0 Å². The fourth-order valence-electron chi connectivity index (χ4n) is 6.49. The molecule has 2 aliphatic rings. The lowest BCUT2D eigenvalue weighted by molar-refractivity contribution is -0.131. The van der Waals surface area contributed by atoms with Gasteiger partial charge in [-0.2, -0.15) is 0 Å². The number of amides is 2. The number of benzene rings is 3. The van der Waals surface area contributed by atoms with E-state index in [9.17, 15) is 9.59 Å². The van der Waals surface area contributed by atoms with E-state index >= 15 is 0 Å². The summed E-state index contributed by atoms with van der Waals surface area (Å²) >= 11 is 0. The minimum Gasteiger partial charge on any atom is -0.379 e. The van der Waals surface area contributed by atoms with Gasteiger partial charge < -0.3 is 20.4 Å². The van der Waals surface area contributed by atoms with E-state index in [1.165, 1.54) is 5.56 Å². The van der Waals surface area contributed by atoms with E-state index in [4.69, 9.17) is 15.5 Å². The smallest absolute Gasteiger partial charge is 0.244 e. The standard InChI is InChI=1S/C34H39N5O3/c35-33(40)32(26-8-2-1-3-9-26)37-34(41)28-11-5-4-10-27(28)25-16-14-24(15-17-25)22-39-30-13-7-6-12-29(30)36-31(39)23-38-18-20-42-21-19-38/h1-3,6-9,12-17,27-28,32H,4-5,10-11,18-23H2,(H2,35,40)(H,37,41)/t27-,28+,32-/m0/s1. The highest BCUT2D eigenvalue weighted by Crippen LogP contribution is 2.38. The highest BCUT2D eigenvalue weighted by molar-refractivity contribution is 5.89. The Morgan fingerprint density at radius 2 is 1.62 bits per heavy atom. The van der Waals surface area contributed by atoms with Gasteiger partial charge in [0.15, 0.2) is 0 Å². The molecule has 218 valence electrons. The first-order valence-electron chi connectivity index (χ1n) is 15.0. The van der Waals surface area contributed by atoms with Crippen molar-refractivity contribution in [3.63, 3.8) is 0 Å². The van der Waals surface area contributed by atoms with Gasteiger partial charge in [0, 0.05) is 25.6 Å². The van der Waals surface area contributed by atoms with Crippen LogP contribution < -0.4 is 11.1 Å². The van der Waals surface area contributed by atoms with Crippen LogP contribution in [0.1, 0.15) is 60.2 Å². The van der Waals surface area contributed by atoms with E-state index in [0.717, 1.165) is 87.5 Å². The van der Waals surface area contributed by atoms with Gasteiger partial charge in [0.25, 0.3) is 0 Å². The third-order valence-corrected chi connectivity index (χ3v) is 8.76. The van der Waals surface area contributed by atoms with Crippen molar-refractivity contribution in [2.75, 3.05) is 26.3 Å².